The molecule has 0 saturated carbocycles. The van der Waals surface area contributed by atoms with Crippen LogP contribution in [0.4, 0.5) is 0 Å². The van der Waals surface area contributed by atoms with Crippen LogP contribution in [0.25, 0.3) is 0 Å². The molecule has 0 aromatic heterocycles. The summed E-state index contributed by atoms with van der Waals surface area (Å²) in [5, 5.41) is 39.5. The predicted molar refractivity (Wildman–Crippen MR) is 148 cm³/mol. The van der Waals surface area contributed by atoms with Gasteiger partial charge in [0.15, 0.2) is 0 Å². The highest BCUT2D eigenvalue weighted by Crippen LogP contribution is 2.36. The van der Waals surface area contributed by atoms with Gasteiger partial charge < -0.3 is 25.2 Å². The zero-order valence-electron chi connectivity index (χ0n) is 23.9. The summed E-state index contributed by atoms with van der Waals surface area (Å²) in [5.41, 5.74) is -1.15. The van der Waals surface area contributed by atoms with E-state index < -0.39 is 23.4 Å². The first kappa shape index (κ1) is 34.8. The number of unbranched alkanes of at least 4 members (excludes halogenated alkanes) is 14. The van der Waals surface area contributed by atoms with Crippen molar-refractivity contribution in [2.24, 2.45) is 0 Å². The van der Waals surface area contributed by atoms with E-state index in [1.807, 2.05) is 13.8 Å². The van der Waals surface area contributed by atoms with Crippen molar-refractivity contribution in [1.29, 1.82) is 0 Å². The van der Waals surface area contributed by atoms with Gasteiger partial charge in [0.25, 0.3) is 0 Å². The van der Waals surface area contributed by atoms with Crippen LogP contribution in [0.15, 0.2) is 0 Å². The van der Waals surface area contributed by atoms with Gasteiger partial charge in [-0.3, -0.25) is 0 Å². The maximum absolute atomic E-state index is 10.3. The summed E-state index contributed by atoms with van der Waals surface area (Å²) < 4.78 is 6.75. The number of aliphatic hydroxyl groups is 4. The van der Waals surface area contributed by atoms with Crippen LogP contribution >= 0.6 is 0 Å². The van der Waals surface area contributed by atoms with Gasteiger partial charge in [-0.2, -0.15) is 0 Å². The summed E-state index contributed by atoms with van der Waals surface area (Å²) in [5.74, 6) is 0. The maximum atomic E-state index is 10.3. The van der Waals surface area contributed by atoms with Crippen LogP contribution in [0.5, 0.6) is 0 Å². The van der Waals surface area contributed by atoms with Gasteiger partial charge in [-0.1, -0.05) is 117 Å². The Balaban J connectivity index is 4.88. The molecule has 0 spiro atoms. The highest BCUT2D eigenvalue weighted by atomic mass is 16.5. The molecule has 0 amide bonds. The molecular formula is C30H62O5. The van der Waals surface area contributed by atoms with E-state index in [2.05, 4.69) is 13.8 Å². The molecule has 4 N–H and O–H groups in total. The Labute approximate surface area is 218 Å². The van der Waals surface area contributed by atoms with Crippen molar-refractivity contribution in [2.45, 2.75) is 180 Å². The first-order chi connectivity index (χ1) is 16.7. The molecule has 0 fully saturated rings. The number of rotatable bonds is 26. The minimum Gasteiger partial charge on any atom is -0.394 e. The first-order valence-electron chi connectivity index (χ1n) is 15.0. The third-order valence-electron chi connectivity index (χ3n) is 7.37. The molecule has 0 rings (SSSR count). The highest BCUT2D eigenvalue weighted by molar-refractivity contribution is 4.87. The quantitative estimate of drug-likeness (QED) is 0.0950. The third kappa shape index (κ3) is 19.6. The molecule has 0 heterocycles. The lowest BCUT2D eigenvalue weighted by molar-refractivity contribution is -0.178. The summed E-state index contributed by atoms with van der Waals surface area (Å²) >= 11 is 0. The average Bonchev–Trinajstić information content (AvgIpc) is 2.82. The molecule has 0 aliphatic rings. The fourth-order valence-electron chi connectivity index (χ4n) is 5.38. The summed E-state index contributed by atoms with van der Waals surface area (Å²) in [6.45, 7) is 8.02. The molecule has 0 aliphatic heterocycles. The van der Waals surface area contributed by atoms with Gasteiger partial charge in [-0.15, -0.1) is 0 Å². The van der Waals surface area contributed by atoms with Crippen LogP contribution in [0.2, 0.25) is 0 Å². The summed E-state index contributed by atoms with van der Waals surface area (Å²) in [6, 6.07) is 0. The Hall–Kier alpha value is -0.200. The van der Waals surface area contributed by atoms with Crippen molar-refractivity contribution in [2.75, 3.05) is 13.2 Å². The highest BCUT2D eigenvalue weighted by Gasteiger charge is 2.38. The van der Waals surface area contributed by atoms with Gasteiger partial charge in [0.1, 0.15) is 0 Å². The lowest BCUT2D eigenvalue weighted by Gasteiger charge is -2.42. The number of hydrogen-bond donors (Lipinski definition) is 4. The van der Waals surface area contributed by atoms with E-state index in [1.165, 1.54) is 77.0 Å². The number of ether oxygens (including phenoxy) is 1. The predicted octanol–water partition coefficient (Wildman–Crippen LogP) is 7.07. The second-order valence-corrected chi connectivity index (χ2v) is 11.5. The molecule has 0 aromatic carbocycles. The van der Waals surface area contributed by atoms with Crippen LogP contribution in [0.3, 0.4) is 0 Å². The van der Waals surface area contributed by atoms with Crippen LogP contribution < -0.4 is 0 Å². The molecule has 35 heavy (non-hydrogen) atoms. The number of aliphatic hydroxyl groups excluding tert-OH is 4. The van der Waals surface area contributed by atoms with Crippen molar-refractivity contribution in [3.05, 3.63) is 0 Å². The fourth-order valence-corrected chi connectivity index (χ4v) is 5.38. The first-order valence-corrected chi connectivity index (χ1v) is 15.0. The minimum atomic E-state index is -0.816. The van der Waals surface area contributed by atoms with E-state index in [-0.39, 0.29) is 13.2 Å². The largest absolute Gasteiger partial charge is 0.394 e. The van der Waals surface area contributed by atoms with E-state index in [1.54, 1.807) is 0 Å². The molecular weight excluding hydrogens is 440 g/mol. The lowest BCUT2D eigenvalue weighted by Crippen LogP contribution is -2.45. The van der Waals surface area contributed by atoms with E-state index in [0.717, 1.165) is 38.5 Å². The van der Waals surface area contributed by atoms with Crippen molar-refractivity contribution in [3.63, 3.8) is 0 Å². The van der Waals surface area contributed by atoms with Gasteiger partial charge >= 0.3 is 0 Å². The standard InChI is InChI=1S/C30H62O5/c1-5-7-9-11-13-15-17-19-21-29(3,23-27(33)25-31)35-30(4,24-28(34)26-32)22-20-18-16-14-12-10-8-6-2/h27-28,31-34H,5-26H2,1-4H3. The molecule has 212 valence electrons. The van der Waals surface area contributed by atoms with Gasteiger partial charge in [0.2, 0.25) is 0 Å². The molecule has 0 aliphatic carbocycles. The smallest absolute Gasteiger partial charge is 0.0798 e. The zero-order chi connectivity index (χ0) is 26.4. The second kappa shape index (κ2) is 21.8. The summed E-state index contributed by atoms with van der Waals surface area (Å²) in [6.07, 6.45) is 20.5. The van der Waals surface area contributed by atoms with Gasteiger partial charge in [-0.05, 0) is 26.7 Å². The molecule has 0 aromatic rings. The van der Waals surface area contributed by atoms with Crippen LogP contribution in [-0.2, 0) is 4.74 Å². The SMILES string of the molecule is CCCCCCCCCCC(C)(CC(O)CO)OC(C)(CCCCCCCCCC)CC(O)CO. The van der Waals surface area contributed by atoms with E-state index in [9.17, 15) is 20.4 Å². The second-order valence-electron chi connectivity index (χ2n) is 11.5. The van der Waals surface area contributed by atoms with Gasteiger partial charge in [0, 0.05) is 12.8 Å². The van der Waals surface area contributed by atoms with E-state index in [0.29, 0.717) is 12.8 Å². The topological polar surface area (TPSA) is 90.2 Å². The fraction of sp³-hybridized carbons (Fsp3) is 1.00. The summed E-state index contributed by atoms with van der Waals surface area (Å²) in [4.78, 5) is 0. The van der Waals surface area contributed by atoms with Crippen LogP contribution in [-0.4, -0.2) is 57.0 Å². The Morgan fingerprint density at radius 2 is 0.800 bits per heavy atom. The monoisotopic (exact) mass is 502 g/mol. The Morgan fingerprint density at radius 3 is 1.09 bits per heavy atom. The molecule has 5 heteroatoms. The van der Waals surface area contributed by atoms with E-state index >= 15 is 0 Å². The molecule has 5 nitrogen and oxygen atoms in total. The lowest BCUT2D eigenvalue weighted by atomic mass is 9.86. The minimum absolute atomic E-state index is 0.273. The Kier molecular flexibility index (Phi) is 21.7. The maximum Gasteiger partial charge on any atom is 0.0798 e. The molecule has 4 unspecified atom stereocenters. The zero-order valence-corrected chi connectivity index (χ0v) is 23.9. The normalized spacial score (nSPS) is 17.1. The van der Waals surface area contributed by atoms with Crippen LogP contribution in [0.1, 0.15) is 156 Å². The summed E-state index contributed by atoms with van der Waals surface area (Å²) in [7, 11) is 0. The van der Waals surface area contributed by atoms with Crippen molar-refractivity contribution in [1.82, 2.24) is 0 Å². The Bertz CT molecular complexity index is 420. The number of hydrogen-bond acceptors (Lipinski definition) is 5. The van der Waals surface area contributed by atoms with Crippen molar-refractivity contribution in [3.8, 4) is 0 Å². The van der Waals surface area contributed by atoms with Gasteiger partial charge in [0.05, 0.1) is 36.6 Å². The van der Waals surface area contributed by atoms with Crippen LogP contribution in [0, 0.1) is 0 Å². The Morgan fingerprint density at radius 1 is 0.514 bits per heavy atom. The van der Waals surface area contributed by atoms with Crippen molar-refractivity contribution < 1.29 is 25.2 Å². The molecule has 4 atom stereocenters. The average molecular weight is 503 g/mol. The van der Waals surface area contributed by atoms with E-state index in [4.69, 9.17) is 4.74 Å². The molecule has 0 bridgehead atoms. The third-order valence-corrected chi connectivity index (χ3v) is 7.37. The van der Waals surface area contributed by atoms with Gasteiger partial charge in [-0.25, -0.2) is 0 Å². The molecule has 0 radical (unpaired) electrons. The molecule has 0 saturated heterocycles. The van der Waals surface area contributed by atoms with Crippen molar-refractivity contribution >= 4 is 0 Å².